The molecule has 32 heavy (non-hydrogen) atoms. The van der Waals surface area contributed by atoms with Gasteiger partial charge >= 0.3 is 0 Å². The van der Waals surface area contributed by atoms with Crippen molar-refractivity contribution in [1.29, 1.82) is 0 Å². The quantitative estimate of drug-likeness (QED) is 0.324. The highest BCUT2D eigenvalue weighted by molar-refractivity contribution is 7.18. The van der Waals surface area contributed by atoms with E-state index in [1.54, 1.807) is 23.5 Å². The molecule has 1 fully saturated rings. The van der Waals surface area contributed by atoms with E-state index in [1.165, 1.54) is 16.0 Å². The standard InChI is InChI=1S/C24H22ClN3O2S2/c25-16-8-10-18(11-9-16)30-14-22-26-17(15-31-22)13-23(29)28-12-4-3-6-20(28)24-27-19-5-1-2-7-21(19)32-24/h1-2,5,7-11,15,20H,3-4,6,12-14H2. The lowest BCUT2D eigenvalue weighted by molar-refractivity contribution is -0.134. The van der Waals surface area contributed by atoms with Crippen molar-refractivity contribution in [2.45, 2.75) is 38.3 Å². The second kappa shape index (κ2) is 9.57. The summed E-state index contributed by atoms with van der Waals surface area (Å²) in [7, 11) is 0. The maximum Gasteiger partial charge on any atom is 0.229 e. The van der Waals surface area contributed by atoms with E-state index < -0.39 is 0 Å². The van der Waals surface area contributed by atoms with Crippen LogP contribution in [0.5, 0.6) is 5.75 Å². The van der Waals surface area contributed by atoms with Gasteiger partial charge in [0.15, 0.2) is 0 Å². The van der Waals surface area contributed by atoms with E-state index in [-0.39, 0.29) is 11.9 Å². The van der Waals surface area contributed by atoms with Gasteiger partial charge in [0.05, 0.1) is 28.4 Å². The largest absolute Gasteiger partial charge is 0.486 e. The SMILES string of the molecule is O=C(Cc1csc(COc2ccc(Cl)cc2)n1)N1CCCCC1c1nc2ccccc2s1. The van der Waals surface area contributed by atoms with Crippen LogP contribution in [0.2, 0.25) is 5.02 Å². The number of halogens is 1. The molecular weight excluding hydrogens is 462 g/mol. The van der Waals surface area contributed by atoms with Gasteiger partial charge in [0.2, 0.25) is 5.91 Å². The maximum atomic E-state index is 13.2. The first kappa shape index (κ1) is 21.4. The minimum Gasteiger partial charge on any atom is -0.486 e. The van der Waals surface area contributed by atoms with E-state index in [0.29, 0.717) is 18.1 Å². The van der Waals surface area contributed by atoms with Gasteiger partial charge in [-0.15, -0.1) is 22.7 Å². The van der Waals surface area contributed by atoms with Crippen molar-refractivity contribution in [1.82, 2.24) is 14.9 Å². The summed E-state index contributed by atoms with van der Waals surface area (Å²) in [6.07, 6.45) is 3.42. The predicted octanol–water partition coefficient (Wildman–Crippen LogP) is 6.28. The van der Waals surface area contributed by atoms with Crippen molar-refractivity contribution >= 4 is 50.4 Å². The second-order valence-corrected chi connectivity index (χ2v) is 10.2. The van der Waals surface area contributed by atoms with Crippen molar-refractivity contribution in [3.05, 3.63) is 74.6 Å². The van der Waals surface area contributed by atoms with Crippen molar-refractivity contribution < 1.29 is 9.53 Å². The van der Waals surface area contributed by atoms with E-state index >= 15 is 0 Å². The molecule has 0 N–H and O–H groups in total. The molecule has 0 saturated carbocycles. The minimum atomic E-state index is 0.0556. The molecule has 4 aromatic rings. The summed E-state index contributed by atoms with van der Waals surface area (Å²) in [5.74, 6) is 0.860. The van der Waals surface area contributed by atoms with Crippen LogP contribution in [0.4, 0.5) is 0 Å². The van der Waals surface area contributed by atoms with Gasteiger partial charge in [0, 0.05) is 16.9 Å². The molecule has 0 aliphatic carbocycles. The number of fused-ring (bicyclic) bond motifs is 1. The van der Waals surface area contributed by atoms with Crippen LogP contribution < -0.4 is 4.74 Å². The summed E-state index contributed by atoms with van der Waals surface area (Å²) in [6, 6.07) is 15.5. The lowest BCUT2D eigenvalue weighted by Crippen LogP contribution is -2.39. The zero-order valence-electron chi connectivity index (χ0n) is 17.4. The predicted molar refractivity (Wildman–Crippen MR) is 130 cm³/mol. The molecule has 164 valence electrons. The van der Waals surface area contributed by atoms with Crippen molar-refractivity contribution in [3.63, 3.8) is 0 Å². The number of hydrogen-bond acceptors (Lipinski definition) is 6. The van der Waals surface area contributed by atoms with Crippen LogP contribution in [0.15, 0.2) is 53.9 Å². The first-order valence-electron chi connectivity index (χ1n) is 10.6. The molecule has 1 unspecified atom stereocenters. The average Bonchev–Trinajstić information content (AvgIpc) is 3.45. The Bertz CT molecular complexity index is 1190. The second-order valence-electron chi connectivity index (χ2n) is 7.77. The Labute approximate surface area is 199 Å². The number of para-hydroxylation sites is 1. The van der Waals surface area contributed by atoms with Crippen LogP contribution in [-0.4, -0.2) is 27.3 Å². The number of amides is 1. The van der Waals surface area contributed by atoms with E-state index in [2.05, 4.69) is 11.1 Å². The summed E-state index contributed by atoms with van der Waals surface area (Å²) < 4.78 is 6.94. The van der Waals surface area contributed by atoms with Crippen LogP contribution >= 0.6 is 34.3 Å². The molecule has 2 aromatic carbocycles. The van der Waals surface area contributed by atoms with Gasteiger partial charge < -0.3 is 9.64 Å². The molecule has 2 aromatic heterocycles. The van der Waals surface area contributed by atoms with Gasteiger partial charge in [-0.3, -0.25) is 4.79 Å². The van der Waals surface area contributed by atoms with Gasteiger partial charge in [-0.2, -0.15) is 0 Å². The van der Waals surface area contributed by atoms with E-state index in [9.17, 15) is 4.79 Å². The van der Waals surface area contributed by atoms with Crippen LogP contribution in [0.25, 0.3) is 10.2 Å². The summed E-state index contributed by atoms with van der Waals surface area (Å²) in [5, 5.41) is 4.52. The highest BCUT2D eigenvalue weighted by atomic mass is 35.5. The average molecular weight is 484 g/mol. The molecule has 3 heterocycles. The minimum absolute atomic E-state index is 0.0556. The number of thiazole rings is 2. The molecule has 1 amide bonds. The number of piperidine rings is 1. The Morgan fingerprint density at radius 2 is 1.97 bits per heavy atom. The fraction of sp³-hybridized carbons (Fsp3) is 0.292. The lowest BCUT2D eigenvalue weighted by atomic mass is 10.0. The molecule has 8 heteroatoms. The van der Waals surface area contributed by atoms with Gasteiger partial charge in [-0.25, -0.2) is 9.97 Å². The highest BCUT2D eigenvalue weighted by Crippen LogP contribution is 2.36. The molecule has 1 aliphatic heterocycles. The van der Waals surface area contributed by atoms with Gasteiger partial charge in [0.25, 0.3) is 0 Å². The molecule has 0 radical (unpaired) electrons. The summed E-state index contributed by atoms with van der Waals surface area (Å²) in [6.45, 7) is 1.15. The van der Waals surface area contributed by atoms with E-state index in [0.717, 1.165) is 52.8 Å². The number of carbonyl (C=O) groups excluding carboxylic acids is 1. The topological polar surface area (TPSA) is 55.3 Å². The Balaban J connectivity index is 1.24. The highest BCUT2D eigenvalue weighted by Gasteiger charge is 2.30. The maximum absolute atomic E-state index is 13.2. The zero-order chi connectivity index (χ0) is 21.9. The number of rotatable bonds is 6. The van der Waals surface area contributed by atoms with Crippen molar-refractivity contribution in [3.8, 4) is 5.75 Å². The number of benzene rings is 2. The molecule has 1 atom stereocenters. The Hall–Kier alpha value is -2.48. The fourth-order valence-corrected chi connectivity index (χ4v) is 5.89. The van der Waals surface area contributed by atoms with Gasteiger partial charge in [-0.05, 0) is 55.7 Å². The Morgan fingerprint density at radius 1 is 1.12 bits per heavy atom. The van der Waals surface area contributed by atoms with Crippen molar-refractivity contribution in [2.75, 3.05) is 6.54 Å². The normalized spacial score (nSPS) is 16.4. The van der Waals surface area contributed by atoms with Crippen LogP contribution in [0.1, 0.15) is 41.0 Å². The summed E-state index contributed by atoms with van der Waals surface area (Å²) in [5.41, 5.74) is 1.80. The number of nitrogens with zero attached hydrogens (tertiary/aromatic N) is 3. The third-order valence-corrected chi connectivity index (χ3v) is 7.79. The molecule has 5 nitrogen and oxygen atoms in total. The fourth-order valence-electron chi connectivity index (χ4n) is 3.95. The first-order valence-corrected chi connectivity index (χ1v) is 12.7. The van der Waals surface area contributed by atoms with E-state index in [1.807, 2.05) is 40.6 Å². The molecule has 1 saturated heterocycles. The molecule has 0 spiro atoms. The zero-order valence-corrected chi connectivity index (χ0v) is 19.8. The smallest absolute Gasteiger partial charge is 0.229 e. The Kier molecular flexibility index (Phi) is 6.39. The molecule has 1 aliphatic rings. The van der Waals surface area contributed by atoms with Crippen LogP contribution in [0, 0.1) is 0 Å². The molecule has 5 rings (SSSR count). The number of hydrogen-bond donors (Lipinski definition) is 0. The first-order chi connectivity index (χ1) is 15.7. The van der Waals surface area contributed by atoms with E-state index in [4.69, 9.17) is 21.3 Å². The third-order valence-electron chi connectivity index (χ3n) is 5.53. The van der Waals surface area contributed by atoms with Gasteiger partial charge in [0.1, 0.15) is 22.4 Å². The monoisotopic (exact) mass is 483 g/mol. The number of likely N-dealkylation sites (tertiary alicyclic amines) is 1. The number of aromatic nitrogens is 2. The lowest BCUT2D eigenvalue weighted by Gasteiger charge is -2.34. The van der Waals surface area contributed by atoms with Gasteiger partial charge in [-0.1, -0.05) is 23.7 Å². The molecule has 0 bridgehead atoms. The van der Waals surface area contributed by atoms with Crippen LogP contribution in [0.3, 0.4) is 0 Å². The van der Waals surface area contributed by atoms with Crippen LogP contribution in [-0.2, 0) is 17.8 Å². The Morgan fingerprint density at radius 3 is 2.81 bits per heavy atom. The number of ether oxygens (including phenoxy) is 1. The summed E-state index contributed by atoms with van der Waals surface area (Å²) >= 11 is 9.12. The number of carbonyl (C=O) groups is 1. The van der Waals surface area contributed by atoms with Crippen molar-refractivity contribution in [2.24, 2.45) is 0 Å². The molecular formula is C24H22ClN3O2S2. The third kappa shape index (κ3) is 4.80. The summed E-state index contributed by atoms with van der Waals surface area (Å²) in [4.78, 5) is 24.7.